The first kappa shape index (κ1) is 16.4. The molecule has 2 atom stereocenters. The molecule has 0 aliphatic heterocycles. The summed E-state index contributed by atoms with van der Waals surface area (Å²) in [6, 6.07) is -0.656. The second-order valence-electron chi connectivity index (χ2n) is 4.83. The Labute approximate surface area is 107 Å². The van der Waals surface area contributed by atoms with Crippen LogP contribution in [0.5, 0.6) is 0 Å². The lowest BCUT2D eigenvalue weighted by Gasteiger charge is -2.17. The first-order chi connectivity index (χ1) is 8.23. The van der Waals surface area contributed by atoms with E-state index in [0.717, 1.165) is 0 Å². The van der Waals surface area contributed by atoms with E-state index in [-0.39, 0.29) is 24.3 Å². The molecule has 2 unspecified atom stereocenters. The fraction of sp³-hybridized carbons (Fsp3) is 0.750. The molecule has 0 radical (unpaired) electrons. The van der Waals surface area contributed by atoms with E-state index in [2.05, 4.69) is 10.6 Å². The summed E-state index contributed by atoms with van der Waals surface area (Å²) in [6.07, 6.45) is 0.504. The molecule has 104 valence electrons. The average molecular weight is 258 g/mol. The van der Waals surface area contributed by atoms with Crippen LogP contribution < -0.4 is 10.6 Å². The lowest BCUT2D eigenvalue weighted by molar-refractivity contribution is -0.142. The Morgan fingerprint density at radius 2 is 1.72 bits per heavy atom. The minimum absolute atomic E-state index is 0.0796. The summed E-state index contributed by atoms with van der Waals surface area (Å²) in [7, 11) is 0. The molecule has 0 aliphatic carbocycles. The maximum atomic E-state index is 11.6. The molecule has 0 aliphatic rings. The highest BCUT2D eigenvalue weighted by molar-refractivity contribution is 5.86. The molecule has 0 saturated heterocycles. The van der Waals surface area contributed by atoms with Crippen LogP contribution in [-0.4, -0.2) is 35.5 Å². The SMILES string of the molecule is CC(=O)NC(C)C(=O)NCC(CC(C)C)C(=O)O. The van der Waals surface area contributed by atoms with E-state index in [1.165, 1.54) is 6.92 Å². The van der Waals surface area contributed by atoms with Gasteiger partial charge in [0.1, 0.15) is 6.04 Å². The van der Waals surface area contributed by atoms with Crippen LogP contribution in [0.2, 0.25) is 0 Å². The quantitative estimate of drug-likeness (QED) is 0.615. The third-order valence-corrected chi connectivity index (χ3v) is 2.44. The van der Waals surface area contributed by atoms with E-state index < -0.39 is 17.9 Å². The first-order valence-corrected chi connectivity index (χ1v) is 6.01. The Kier molecular flexibility index (Phi) is 7.00. The van der Waals surface area contributed by atoms with E-state index >= 15 is 0 Å². The zero-order valence-electron chi connectivity index (χ0n) is 11.3. The molecule has 2 amide bonds. The Bertz CT molecular complexity index is 315. The number of nitrogens with one attached hydrogen (secondary N) is 2. The van der Waals surface area contributed by atoms with Crippen LogP contribution in [0.15, 0.2) is 0 Å². The molecule has 0 heterocycles. The van der Waals surface area contributed by atoms with E-state index in [0.29, 0.717) is 6.42 Å². The van der Waals surface area contributed by atoms with Gasteiger partial charge in [-0.3, -0.25) is 14.4 Å². The number of amides is 2. The number of carbonyl (C=O) groups excluding carboxylic acids is 2. The van der Waals surface area contributed by atoms with Gasteiger partial charge in [-0.25, -0.2) is 0 Å². The van der Waals surface area contributed by atoms with Gasteiger partial charge in [0.25, 0.3) is 0 Å². The topological polar surface area (TPSA) is 95.5 Å². The van der Waals surface area contributed by atoms with Crippen molar-refractivity contribution in [1.29, 1.82) is 0 Å². The van der Waals surface area contributed by atoms with Crippen molar-refractivity contribution >= 4 is 17.8 Å². The Morgan fingerprint density at radius 3 is 2.11 bits per heavy atom. The van der Waals surface area contributed by atoms with Crippen molar-refractivity contribution < 1.29 is 19.5 Å². The molecule has 0 rings (SSSR count). The first-order valence-electron chi connectivity index (χ1n) is 6.01. The zero-order chi connectivity index (χ0) is 14.3. The van der Waals surface area contributed by atoms with Crippen molar-refractivity contribution in [2.45, 2.75) is 40.2 Å². The number of carboxylic acids is 1. The Morgan fingerprint density at radius 1 is 1.17 bits per heavy atom. The van der Waals surface area contributed by atoms with Crippen LogP contribution >= 0.6 is 0 Å². The van der Waals surface area contributed by atoms with Gasteiger partial charge in [-0.05, 0) is 19.3 Å². The molecule has 0 spiro atoms. The zero-order valence-corrected chi connectivity index (χ0v) is 11.3. The smallest absolute Gasteiger partial charge is 0.308 e. The van der Waals surface area contributed by atoms with E-state index in [4.69, 9.17) is 5.11 Å². The fourth-order valence-corrected chi connectivity index (χ4v) is 1.59. The average Bonchev–Trinajstić information content (AvgIpc) is 2.21. The van der Waals surface area contributed by atoms with Crippen molar-refractivity contribution in [3.63, 3.8) is 0 Å². The van der Waals surface area contributed by atoms with E-state index in [9.17, 15) is 14.4 Å². The second-order valence-corrected chi connectivity index (χ2v) is 4.83. The predicted octanol–water partition coefficient (Wildman–Crippen LogP) is 0.374. The third kappa shape index (κ3) is 6.88. The number of aliphatic carboxylic acids is 1. The molecule has 0 bridgehead atoms. The third-order valence-electron chi connectivity index (χ3n) is 2.44. The molecular formula is C12H22N2O4. The Balaban J connectivity index is 4.22. The normalized spacial score (nSPS) is 13.8. The van der Waals surface area contributed by atoms with Gasteiger partial charge in [0, 0.05) is 13.5 Å². The fourth-order valence-electron chi connectivity index (χ4n) is 1.59. The van der Waals surface area contributed by atoms with E-state index in [1.807, 2.05) is 13.8 Å². The summed E-state index contributed by atoms with van der Waals surface area (Å²) < 4.78 is 0. The van der Waals surface area contributed by atoms with Crippen LogP contribution in [-0.2, 0) is 14.4 Å². The summed E-state index contributed by atoms with van der Waals surface area (Å²) in [4.78, 5) is 33.3. The maximum absolute atomic E-state index is 11.6. The summed E-state index contributed by atoms with van der Waals surface area (Å²) in [6.45, 7) is 6.81. The van der Waals surface area contributed by atoms with Crippen molar-refractivity contribution in [2.24, 2.45) is 11.8 Å². The van der Waals surface area contributed by atoms with E-state index in [1.54, 1.807) is 6.92 Å². The molecule has 0 saturated carbocycles. The molecule has 0 aromatic heterocycles. The minimum atomic E-state index is -0.920. The lowest BCUT2D eigenvalue weighted by Crippen LogP contribution is -2.46. The molecular weight excluding hydrogens is 236 g/mol. The summed E-state index contributed by atoms with van der Waals surface area (Å²) >= 11 is 0. The van der Waals surface area contributed by atoms with Gasteiger partial charge in [-0.15, -0.1) is 0 Å². The van der Waals surface area contributed by atoms with Gasteiger partial charge in [-0.2, -0.15) is 0 Å². The van der Waals surface area contributed by atoms with Crippen molar-refractivity contribution in [3.05, 3.63) is 0 Å². The minimum Gasteiger partial charge on any atom is -0.481 e. The maximum Gasteiger partial charge on any atom is 0.308 e. The van der Waals surface area contributed by atoms with Gasteiger partial charge in [0.05, 0.1) is 5.92 Å². The standard InChI is InChI=1S/C12H22N2O4/c1-7(2)5-10(12(17)18)6-13-11(16)8(3)14-9(4)15/h7-8,10H,5-6H2,1-4H3,(H,13,16)(H,14,15)(H,17,18). The predicted molar refractivity (Wildman–Crippen MR) is 66.9 cm³/mol. The van der Waals surface area contributed by atoms with Crippen LogP contribution in [0.1, 0.15) is 34.1 Å². The van der Waals surface area contributed by atoms with Crippen molar-refractivity contribution in [1.82, 2.24) is 10.6 Å². The number of carboxylic acid groups (broad SMARTS) is 1. The van der Waals surface area contributed by atoms with Crippen LogP contribution in [0.4, 0.5) is 0 Å². The Hall–Kier alpha value is -1.59. The monoisotopic (exact) mass is 258 g/mol. The summed E-state index contributed by atoms with van der Waals surface area (Å²) in [5.41, 5.74) is 0. The number of rotatable bonds is 7. The molecule has 3 N–H and O–H groups in total. The van der Waals surface area contributed by atoms with Gasteiger partial charge in [0.2, 0.25) is 11.8 Å². The molecule has 6 nitrogen and oxygen atoms in total. The lowest BCUT2D eigenvalue weighted by atomic mass is 9.97. The highest BCUT2D eigenvalue weighted by Gasteiger charge is 2.21. The highest BCUT2D eigenvalue weighted by Crippen LogP contribution is 2.11. The number of hydrogen-bond acceptors (Lipinski definition) is 3. The van der Waals surface area contributed by atoms with Gasteiger partial charge < -0.3 is 15.7 Å². The molecule has 0 aromatic carbocycles. The van der Waals surface area contributed by atoms with Crippen LogP contribution in [0, 0.1) is 11.8 Å². The largest absolute Gasteiger partial charge is 0.481 e. The van der Waals surface area contributed by atoms with Crippen molar-refractivity contribution in [2.75, 3.05) is 6.54 Å². The van der Waals surface area contributed by atoms with Crippen molar-refractivity contribution in [3.8, 4) is 0 Å². The van der Waals surface area contributed by atoms with Crippen LogP contribution in [0.25, 0.3) is 0 Å². The number of hydrogen-bond donors (Lipinski definition) is 3. The van der Waals surface area contributed by atoms with Gasteiger partial charge >= 0.3 is 5.97 Å². The number of carbonyl (C=O) groups is 3. The van der Waals surface area contributed by atoms with Crippen LogP contribution in [0.3, 0.4) is 0 Å². The van der Waals surface area contributed by atoms with Gasteiger partial charge in [0.15, 0.2) is 0 Å². The summed E-state index contributed by atoms with van der Waals surface area (Å²) in [5.74, 6) is -1.94. The molecule has 6 heteroatoms. The molecule has 0 fully saturated rings. The molecule has 0 aromatic rings. The second kappa shape index (κ2) is 7.68. The highest BCUT2D eigenvalue weighted by atomic mass is 16.4. The summed E-state index contributed by atoms with van der Waals surface area (Å²) in [5, 5.41) is 14.0. The van der Waals surface area contributed by atoms with Gasteiger partial charge in [-0.1, -0.05) is 13.8 Å². The molecule has 18 heavy (non-hydrogen) atoms.